The third-order valence-electron chi connectivity index (χ3n) is 7.45. The molecule has 0 radical (unpaired) electrons. The Morgan fingerprint density at radius 2 is 1.80 bits per heavy atom. The highest BCUT2D eigenvalue weighted by Gasteiger charge is 2.35. The molecule has 2 aliphatic rings. The highest BCUT2D eigenvalue weighted by Crippen LogP contribution is 2.38. The number of aliphatic carboxylic acids is 1. The van der Waals surface area contributed by atoms with Gasteiger partial charge in [-0.1, -0.05) is 42.8 Å². The van der Waals surface area contributed by atoms with Gasteiger partial charge in [0.1, 0.15) is 24.2 Å². The van der Waals surface area contributed by atoms with E-state index in [0.29, 0.717) is 36.6 Å². The Morgan fingerprint density at radius 1 is 1.09 bits per heavy atom. The molecule has 1 N–H and O–H groups in total. The number of likely N-dealkylation sites (tertiary alicyclic amines) is 1. The van der Waals surface area contributed by atoms with Crippen LogP contribution in [0.25, 0.3) is 11.6 Å². The number of carboxylic acid groups (broad SMARTS) is 1. The van der Waals surface area contributed by atoms with E-state index < -0.39 is 44.5 Å². The molecule has 0 aromatic heterocycles. The van der Waals surface area contributed by atoms with Crippen molar-refractivity contribution in [3.63, 3.8) is 0 Å². The van der Waals surface area contributed by atoms with Crippen molar-refractivity contribution in [1.29, 1.82) is 0 Å². The zero-order valence-electron chi connectivity index (χ0n) is 24.9. The van der Waals surface area contributed by atoms with Gasteiger partial charge in [0.05, 0.1) is 27.7 Å². The van der Waals surface area contributed by atoms with Gasteiger partial charge in [0.15, 0.2) is 0 Å². The Balaban J connectivity index is 0.000000337. The molecule has 0 bridgehead atoms. The van der Waals surface area contributed by atoms with Crippen molar-refractivity contribution in [2.75, 3.05) is 24.0 Å². The number of benzene rings is 3. The molecule has 1 atom stereocenters. The van der Waals surface area contributed by atoms with Gasteiger partial charge in [-0.15, -0.1) is 0 Å². The summed E-state index contributed by atoms with van der Waals surface area (Å²) >= 11 is 6.13. The van der Waals surface area contributed by atoms with Gasteiger partial charge in [0.25, 0.3) is 10.0 Å². The summed E-state index contributed by atoms with van der Waals surface area (Å²) in [5.41, 5.74) is 0.366. The number of ether oxygens (including phenoxy) is 1. The summed E-state index contributed by atoms with van der Waals surface area (Å²) in [6.07, 6.45) is -1.25. The van der Waals surface area contributed by atoms with E-state index in [1.165, 1.54) is 23.1 Å². The van der Waals surface area contributed by atoms with E-state index >= 15 is 0 Å². The molecule has 8 nitrogen and oxygen atoms in total. The molecule has 2 aliphatic heterocycles. The number of anilines is 1. The molecule has 0 spiro atoms. The number of carbonyl (C=O) groups excluding carboxylic acids is 1. The van der Waals surface area contributed by atoms with Crippen LogP contribution in [0.3, 0.4) is 0 Å². The first kappa shape index (κ1) is 34.8. The second-order valence-electron chi connectivity index (χ2n) is 10.5. The molecular formula is C32H31ClF4N2O6S. The Kier molecular flexibility index (Phi) is 10.7. The SMILES string of the molecule is C/C(=C\c1ccc2c(c1)N(S(=O)(=O)c1cccc(C(F)(F)F)c1)CCO2)c1c(F)cccc1Cl.CCC(=O)N1CCCC1C(=O)O. The number of fused-ring (bicyclic) bond motifs is 1. The highest BCUT2D eigenvalue weighted by atomic mass is 35.5. The zero-order chi connectivity index (χ0) is 33.8. The molecule has 0 saturated carbocycles. The van der Waals surface area contributed by atoms with Crippen LogP contribution in [-0.2, 0) is 25.8 Å². The van der Waals surface area contributed by atoms with E-state index in [-0.39, 0.29) is 41.1 Å². The number of halogens is 5. The fourth-order valence-corrected chi connectivity index (χ4v) is 7.04. The van der Waals surface area contributed by atoms with Crippen LogP contribution in [-0.4, -0.2) is 56.0 Å². The van der Waals surface area contributed by atoms with E-state index in [0.717, 1.165) is 28.9 Å². The molecule has 1 amide bonds. The number of alkyl halides is 3. The van der Waals surface area contributed by atoms with Gasteiger partial charge in [-0.3, -0.25) is 9.10 Å². The maximum absolute atomic E-state index is 14.3. The smallest absolute Gasteiger partial charge is 0.416 e. The van der Waals surface area contributed by atoms with Gasteiger partial charge >= 0.3 is 12.1 Å². The number of hydrogen-bond donors (Lipinski definition) is 1. The van der Waals surface area contributed by atoms with E-state index in [4.69, 9.17) is 21.4 Å². The lowest BCUT2D eigenvalue weighted by Crippen LogP contribution is -2.39. The van der Waals surface area contributed by atoms with E-state index in [9.17, 15) is 35.6 Å². The Morgan fingerprint density at radius 3 is 2.46 bits per heavy atom. The number of sulfonamides is 1. The first-order valence-electron chi connectivity index (χ1n) is 14.3. The lowest BCUT2D eigenvalue weighted by molar-refractivity contribution is -0.148. The molecular weight excluding hydrogens is 652 g/mol. The molecule has 3 aromatic carbocycles. The summed E-state index contributed by atoms with van der Waals surface area (Å²) < 4.78 is 86.9. The molecule has 1 unspecified atom stereocenters. The monoisotopic (exact) mass is 682 g/mol. The largest absolute Gasteiger partial charge is 0.489 e. The molecule has 3 aromatic rings. The van der Waals surface area contributed by atoms with Crippen LogP contribution in [0.15, 0.2) is 65.6 Å². The van der Waals surface area contributed by atoms with Crippen LogP contribution < -0.4 is 9.04 Å². The van der Waals surface area contributed by atoms with E-state index in [2.05, 4.69) is 0 Å². The second-order valence-corrected chi connectivity index (χ2v) is 12.8. The Hall–Kier alpha value is -4.10. The molecule has 5 rings (SSSR count). The number of amides is 1. The summed E-state index contributed by atoms with van der Waals surface area (Å²) in [6, 6.07) is 12.1. The lowest BCUT2D eigenvalue weighted by Gasteiger charge is -2.31. The van der Waals surface area contributed by atoms with Crippen molar-refractivity contribution in [1.82, 2.24) is 4.90 Å². The average molecular weight is 683 g/mol. The van der Waals surface area contributed by atoms with Gasteiger partial charge in [-0.05, 0) is 73.4 Å². The van der Waals surface area contributed by atoms with Gasteiger partial charge in [0, 0.05) is 18.5 Å². The molecule has 2 heterocycles. The molecule has 0 aliphatic carbocycles. The highest BCUT2D eigenvalue weighted by molar-refractivity contribution is 7.92. The third kappa shape index (κ3) is 7.64. The van der Waals surface area contributed by atoms with Gasteiger partial charge in [-0.2, -0.15) is 13.2 Å². The van der Waals surface area contributed by atoms with Crippen LogP contribution in [0.4, 0.5) is 23.2 Å². The summed E-state index contributed by atoms with van der Waals surface area (Å²) in [5.74, 6) is -1.17. The predicted octanol–water partition coefficient (Wildman–Crippen LogP) is 7.12. The maximum Gasteiger partial charge on any atom is 0.416 e. The van der Waals surface area contributed by atoms with Crippen molar-refractivity contribution in [3.8, 4) is 5.75 Å². The maximum atomic E-state index is 14.3. The fourth-order valence-electron chi connectivity index (χ4n) is 5.23. The summed E-state index contributed by atoms with van der Waals surface area (Å²) in [7, 11) is -4.32. The number of carbonyl (C=O) groups is 2. The first-order valence-corrected chi connectivity index (χ1v) is 16.1. The van der Waals surface area contributed by atoms with Crippen molar-refractivity contribution >= 4 is 50.8 Å². The Bertz CT molecular complexity index is 1740. The normalized spacial score (nSPS) is 16.7. The van der Waals surface area contributed by atoms with Crippen molar-refractivity contribution in [2.45, 2.75) is 50.2 Å². The minimum Gasteiger partial charge on any atom is -0.489 e. The topological polar surface area (TPSA) is 104 Å². The number of carboxylic acids is 1. The molecule has 14 heteroatoms. The van der Waals surface area contributed by atoms with Gasteiger partial charge < -0.3 is 14.7 Å². The second kappa shape index (κ2) is 14.1. The van der Waals surface area contributed by atoms with Crippen molar-refractivity contribution in [3.05, 3.63) is 88.2 Å². The minimum atomic E-state index is -4.68. The minimum absolute atomic E-state index is 0.0320. The van der Waals surface area contributed by atoms with E-state index in [1.54, 1.807) is 38.1 Å². The molecule has 46 heavy (non-hydrogen) atoms. The number of hydrogen-bond acceptors (Lipinski definition) is 5. The quantitative estimate of drug-likeness (QED) is 0.219. The van der Waals surface area contributed by atoms with Crippen molar-refractivity contribution in [2.24, 2.45) is 0 Å². The summed E-state index contributed by atoms with van der Waals surface area (Å²) in [4.78, 5) is 22.8. The Labute approximate surface area is 268 Å². The molecule has 246 valence electrons. The average Bonchev–Trinajstić information content (AvgIpc) is 3.51. The van der Waals surface area contributed by atoms with Crippen LogP contribution in [0.5, 0.6) is 5.75 Å². The number of nitrogens with zero attached hydrogens (tertiary/aromatic N) is 2. The first-order chi connectivity index (χ1) is 21.6. The van der Waals surface area contributed by atoms with E-state index in [1.807, 2.05) is 0 Å². The zero-order valence-corrected chi connectivity index (χ0v) is 26.4. The fraction of sp³-hybridized carbons (Fsp3) is 0.312. The number of rotatable bonds is 6. The third-order valence-corrected chi connectivity index (χ3v) is 9.58. The number of allylic oxidation sites excluding steroid dienone is 1. The van der Waals surface area contributed by atoms with Crippen LogP contribution in [0, 0.1) is 5.82 Å². The van der Waals surface area contributed by atoms with Crippen LogP contribution in [0.2, 0.25) is 5.02 Å². The van der Waals surface area contributed by atoms with Gasteiger partial charge in [-0.25, -0.2) is 17.6 Å². The summed E-state index contributed by atoms with van der Waals surface area (Å²) in [5, 5.41) is 8.96. The standard InChI is InChI=1S/C24H18ClF4NO3S.C8H13NO3/c1-15(23-19(25)6-3-7-20(23)26)12-16-8-9-22-21(13-16)30(10-11-33-22)34(31,32)18-5-2-4-17(14-18)24(27,28)29;1-2-7(10)9-5-3-4-6(9)8(11)12/h2-9,12-14H,10-11H2,1H3;6H,2-5H2,1H3,(H,11,12)/b15-12+;. The lowest BCUT2D eigenvalue weighted by atomic mass is 10.0. The molecule has 1 saturated heterocycles. The van der Waals surface area contributed by atoms with Crippen molar-refractivity contribution < 1.29 is 45.4 Å². The molecule has 1 fully saturated rings. The predicted molar refractivity (Wildman–Crippen MR) is 166 cm³/mol. The van der Waals surface area contributed by atoms with Crippen LogP contribution in [0.1, 0.15) is 49.8 Å². The summed E-state index contributed by atoms with van der Waals surface area (Å²) in [6.45, 7) is 3.96. The van der Waals surface area contributed by atoms with Crippen LogP contribution >= 0.6 is 11.6 Å². The van der Waals surface area contributed by atoms with Gasteiger partial charge in [0.2, 0.25) is 5.91 Å².